The van der Waals surface area contributed by atoms with Crippen molar-refractivity contribution in [3.05, 3.63) is 53.8 Å². The van der Waals surface area contributed by atoms with Crippen molar-refractivity contribution in [3.63, 3.8) is 0 Å². The normalized spacial score (nSPS) is 20.7. The van der Waals surface area contributed by atoms with Crippen molar-refractivity contribution in [3.8, 4) is 0 Å². The third-order valence-corrected chi connectivity index (χ3v) is 5.99. The first-order valence-electron chi connectivity index (χ1n) is 7.94. The van der Waals surface area contributed by atoms with E-state index in [1.54, 1.807) is 0 Å². The van der Waals surface area contributed by atoms with Crippen molar-refractivity contribution in [1.82, 2.24) is 0 Å². The van der Waals surface area contributed by atoms with Crippen LogP contribution in [0.5, 0.6) is 0 Å². The zero-order chi connectivity index (χ0) is 18.5. The minimum absolute atomic E-state index is 0.116. The van der Waals surface area contributed by atoms with E-state index in [4.69, 9.17) is 5.73 Å². The fourth-order valence-corrected chi connectivity index (χ4v) is 4.73. The van der Waals surface area contributed by atoms with Gasteiger partial charge in [0.1, 0.15) is 5.82 Å². The molecule has 2 aliphatic rings. The molecule has 0 saturated carbocycles. The number of amides is 3. The molecule has 2 aromatic rings. The van der Waals surface area contributed by atoms with Crippen molar-refractivity contribution < 1.29 is 18.8 Å². The lowest BCUT2D eigenvalue weighted by Gasteiger charge is -2.29. The summed E-state index contributed by atoms with van der Waals surface area (Å²) in [6, 6.07) is 11.0. The number of para-hydroxylation sites is 1. The largest absolute Gasteiger partial charge is 0.366 e. The van der Waals surface area contributed by atoms with Crippen molar-refractivity contribution >= 4 is 40.9 Å². The molecule has 3 N–H and O–H groups in total. The van der Waals surface area contributed by atoms with Gasteiger partial charge in [0.25, 0.3) is 11.8 Å². The number of nitrogens with zero attached hydrogens (tertiary/aromatic N) is 1. The van der Waals surface area contributed by atoms with Crippen LogP contribution in [0.4, 0.5) is 15.8 Å². The number of hydrogen-bond donors (Lipinski definition) is 2. The minimum Gasteiger partial charge on any atom is -0.366 e. The van der Waals surface area contributed by atoms with Gasteiger partial charge in [0.15, 0.2) is 4.87 Å². The van der Waals surface area contributed by atoms with Crippen molar-refractivity contribution in [2.24, 2.45) is 5.73 Å². The van der Waals surface area contributed by atoms with Gasteiger partial charge in [-0.25, -0.2) is 4.39 Å². The van der Waals surface area contributed by atoms with E-state index < -0.39 is 22.5 Å². The lowest BCUT2D eigenvalue weighted by Crippen LogP contribution is -2.49. The maximum atomic E-state index is 13.6. The minimum atomic E-state index is -1.08. The molecule has 3 amide bonds. The van der Waals surface area contributed by atoms with Gasteiger partial charge in [-0.05, 0) is 36.8 Å². The SMILES string of the molecule is NC(=O)c1cc(NC(=O)C23CCC(=O)N2c2ccccc2S3)ccc1F. The van der Waals surface area contributed by atoms with Crippen LogP contribution in [0.25, 0.3) is 0 Å². The highest BCUT2D eigenvalue weighted by molar-refractivity contribution is 8.02. The fourth-order valence-electron chi connectivity index (χ4n) is 3.32. The van der Waals surface area contributed by atoms with E-state index in [1.807, 2.05) is 24.3 Å². The third-order valence-electron chi connectivity index (χ3n) is 4.52. The van der Waals surface area contributed by atoms with Crippen LogP contribution < -0.4 is 16.0 Å². The van der Waals surface area contributed by atoms with Gasteiger partial charge in [-0.3, -0.25) is 19.3 Å². The van der Waals surface area contributed by atoms with E-state index in [1.165, 1.54) is 28.8 Å². The molecular formula is C18H14FN3O3S. The highest BCUT2D eigenvalue weighted by Crippen LogP contribution is 2.56. The van der Waals surface area contributed by atoms with Crippen LogP contribution in [-0.4, -0.2) is 22.6 Å². The van der Waals surface area contributed by atoms with Gasteiger partial charge in [0.05, 0.1) is 11.3 Å². The standard InChI is InChI=1S/C18H14FN3O3S/c19-12-6-5-10(9-11(12)16(20)24)21-17(25)18-8-7-15(23)22(18)13-3-1-2-4-14(13)26-18/h1-6,9H,7-8H2,(H2,20,24)(H,21,25). The van der Waals surface area contributed by atoms with Gasteiger partial charge in [0.2, 0.25) is 5.91 Å². The van der Waals surface area contributed by atoms with E-state index in [-0.39, 0.29) is 23.6 Å². The van der Waals surface area contributed by atoms with E-state index >= 15 is 0 Å². The lowest BCUT2D eigenvalue weighted by molar-refractivity contribution is -0.121. The number of nitrogens with two attached hydrogens (primary N) is 1. The number of primary amides is 1. The van der Waals surface area contributed by atoms with Crippen molar-refractivity contribution in [2.75, 3.05) is 10.2 Å². The summed E-state index contributed by atoms with van der Waals surface area (Å²) in [5.41, 5.74) is 5.80. The molecule has 1 atom stereocenters. The van der Waals surface area contributed by atoms with Crippen LogP contribution >= 0.6 is 11.8 Å². The smallest absolute Gasteiger partial charge is 0.261 e. The van der Waals surface area contributed by atoms with Gasteiger partial charge in [0, 0.05) is 17.0 Å². The number of carbonyl (C=O) groups excluding carboxylic acids is 3. The highest BCUT2D eigenvalue weighted by Gasteiger charge is 2.57. The first kappa shape index (κ1) is 16.6. The summed E-state index contributed by atoms with van der Waals surface area (Å²) in [4.78, 5) is 38.1. The van der Waals surface area contributed by atoms with Gasteiger partial charge < -0.3 is 11.1 Å². The molecule has 2 aromatic carbocycles. The summed E-state index contributed by atoms with van der Waals surface area (Å²) in [6.45, 7) is 0. The number of carbonyl (C=O) groups is 3. The Balaban J connectivity index is 1.68. The number of hydrogen-bond acceptors (Lipinski definition) is 4. The Hall–Kier alpha value is -2.87. The highest BCUT2D eigenvalue weighted by atomic mass is 32.2. The molecule has 1 fully saturated rings. The molecule has 2 aliphatic heterocycles. The summed E-state index contributed by atoms with van der Waals surface area (Å²) in [5.74, 6) is -2.19. The number of fused-ring (bicyclic) bond motifs is 3. The van der Waals surface area contributed by atoms with Gasteiger partial charge >= 0.3 is 0 Å². The number of nitrogens with one attached hydrogen (secondary N) is 1. The molecule has 26 heavy (non-hydrogen) atoms. The Labute approximate surface area is 152 Å². The predicted octanol–water partition coefficient (Wildman–Crippen LogP) is 2.49. The molecule has 0 aromatic heterocycles. The molecular weight excluding hydrogens is 357 g/mol. The van der Waals surface area contributed by atoms with E-state index in [9.17, 15) is 18.8 Å². The monoisotopic (exact) mass is 371 g/mol. The van der Waals surface area contributed by atoms with E-state index in [0.29, 0.717) is 12.1 Å². The molecule has 6 nitrogen and oxygen atoms in total. The second-order valence-corrected chi connectivity index (χ2v) is 7.42. The maximum absolute atomic E-state index is 13.6. The van der Waals surface area contributed by atoms with E-state index in [2.05, 4.69) is 5.32 Å². The van der Waals surface area contributed by atoms with Crippen LogP contribution in [0.15, 0.2) is 47.4 Å². The molecule has 0 aliphatic carbocycles. The third kappa shape index (κ3) is 2.37. The Morgan fingerprint density at radius 2 is 2.00 bits per heavy atom. The zero-order valence-electron chi connectivity index (χ0n) is 13.5. The first-order valence-corrected chi connectivity index (χ1v) is 8.76. The number of thioether (sulfide) groups is 1. The Bertz CT molecular complexity index is 964. The average molecular weight is 371 g/mol. The van der Waals surface area contributed by atoms with Crippen LogP contribution in [0.3, 0.4) is 0 Å². The molecule has 1 saturated heterocycles. The number of anilines is 2. The van der Waals surface area contributed by atoms with Crippen molar-refractivity contribution in [2.45, 2.75) is 22.6 Å². The molecule has 0 spiro atoms. The fraction of sp³-hybridized carbons (Fsp3) is 0.167. The Morgan fingerprint density at radius 3 is 2.77 bits per heavy atom. The molecule has 4 rings (SSSR count). The molecule has 0 bridgehead atoms. The first-order chi connectivity index (χ1) is 12.4. The average Bonchev–Trinajstić information content (AvgIpc) is 3.12. The topological polar surface area (TPSA) is 92.5 Å². The van der Waals surface area contributed by atoms with Crippen LogP contribution in [0, 0.1) is 5.82 Å². The van der Waals surface area contributed by atoms with Gasteiger partial charge in [-0.15, -0.1) is 0 Å². The predicted molar refractivity (Wildman–Crippen MR) is 95.3 cm³/mol. The Morgan fingerprint density at radius 1 is 1.23 bits per heavy atom. The summed E-state index contributed by atoms with van der Waals surface area (Å²) in [5, 5.41) is 2.70. The number of rotatable bonds is 3. The number of halogens is 1. The Kier molecular flexibility index (Phi) is 3.73. The van der Waals surface area contributed by atoms with Gasteiger partial charge in [-0.1, -0.05) is 23.9 Å². The maximum Gasteiger partial charge on any atom is 0.261 e. The summed E-state index contributed by atoms with van der Waals surface area (Å²) < 4.78 is 13.6. The number of benzene rings is 2. The molecule has 2 heterocycles. The molecule has 0 radical (unpaired) electrons. The molecule has 132 valence electrons. The lowest BCUT2D eigenvalue weighted by atomic mass is 10.1. The molecule has 8 heteroatoms. The van der Waals surface area contributed by atoms with Crippen molar-refractivity contribution in [1.29, 1.82) is 0 Å². The van der Waals surface area contributed by atoms with Crippen LogP contribution in [0.2, 0.25) is 0 Å². The second-order valence-electron chi connectivity index (χ2n) is 6.10. The van der Waals surface area contributed by atoms with E-state index in [0.717, 1.165) is 11.0 Å². The van der Waals surface area contributed by atoms with Crippen LogP contribution in [0.1, 0.15) is 23.2 Å². The van der Waals surface area contributed by atoms with Crippen LogP contribution in [-0.2, 0) is 9.59 Å². The quantitative estimate of drug-likeness (QED) is 0.867. The summed E-state index contributed by atoms with van der Waals surface area (Å²) in [7, 11) is 0. The summed E-state index contributed by atoms with van der Waals surface area (Å²) >= 11 is 1.33. The van der Waals surface area contributed by atoms with Gasteiger partial charge in [-0.2, -0.15) is 0 Å². The summed E-state index contributed by atoms with van der Waals surface area (Å²) in [6.07, 6.45) is 0.631. The zero-order valence-corrected chi connectivity index (χ0v) is 14.3. The molecule has 1 unspecified atom stereocenters. The second kappa shape index (κ2) is 5.84.